The lowest BCUT2D eigenvalue weighted by Gasteiger charge is -2.33. The molecule has 0 aromatic heterocycles. The van der Waals surface area contributed by atoms with Gasteiger partial charge in [0.2, 0.25) is 0 Å². The molecule has 0 radical (unpaired) electrons. The molecular weight excluding hydrogens is 562 g/mol. The fraction of sp³-hybridized carbons (Fsp3) is 0.367. The zero-order valence-electron chi connectivity index (χ0n) is 23.3. The topological polar surface area (TPSA) is 72.9 Å². The third-order valence-corrected chi connectivity index (χ3v) is 7.69. The van der Waals surface area contributed by atoms with Crippen molar-refractivity contribution in [3.63, 3.8) is 0 Å². The van der Waals surface area contributed by atoms with E-state index in [1.165, 1.54) is 36.4 Å². The summed E-state index contributed by atoms with van der Waals surface area (Å²) in [7, 11) is -2.59. The van der Waals surface area contributed by atoms with Gasteiger partial charge >= 0.3 is 12.1 Å². The number of esters is 1. The number of hydrogen-bond acceptors (Lipinski definition) is 6. The lowest BCUT2D eigenvalue weighted by Crippen LogP contribution is -2.37. The van der Waals surface area contributed by atoms with E-state index in [-0.39, 0.29) is 35.2 Å². The van der Waals surface area contributed by atoms with Gasteiger partial charge in [0.1, 0.15) is 11.6 Å². The minimum atomic E-state index is -4.46. The summed E-state index contributed by atoms with van der Waals surface area (Å²) in [5.41, 5.74) is 0.0884. The standard InChI is InChI=1S/C30H33F4NO5S/c1-29(2,22-9-11-24(31)12-10-22)20-35(19-21-7-5-8-23(17-21)30(32,33)34)15-6-16-40-25-13-14-26(28(36)39-3)27(18-25)41(4,37)38/h5,7-14,17-18H,6,15-16,19-20H2,1-4H3. The lowest BCUT2D eigenvalue weighted by atomic mass is 9.84. The Morgan fingerprint density at radius 3 is 2.24 bits per heavy atom. The fourth-order valence-electron chi connectivity index (χ4n) is 4.53. The van der Waals surface area contributed by atoms with Gasteiger partial charge < -0.3 is 9.47 Å². The molecule has 6 nitrogen and oxygen atoms in total. The van der Waals surface area contributed by atoms with Gasteiger partial charge in [-0.05, 0) is 53.9 Å². The van der Waals surface area contributed by atoms with E-state index >= 15 is 0 Å². The number of carbonyl (C=O) groups is 1. The second kappa shape index (κ2) is 13.0. The quantitative estimate of drug-likeness (QED) is 0.139. The van der Waals surface area contributed by atoms with Crippen LogP contribution in [-0.2, 0) is 32.7 Å². The Hall–Kier alpha value is -3.44. The number of hydrogen-bond donors (Lipinski definition) is 0. The average Bonchev–Trinajstić information content (AvgIpc) is 2.89. The predicted octanol–water partition coefficient (Wildman–Crippen LogP) is 6.28. The normalized spacial score (nSPS) is 12.4. The van der Waals surface area contributed by atoms with Gasteiger partial charge in [-0.25, -0.2) is 17.6 Å². The number of rotatable bonds is 12. The molecule has 0 amide bonds. The minimum Gasteiger partial charge on any atom is -0.494 e. The Balaban J connectivity index is 1.76. The molecule has 3 aromatic carbocycles. The Labute approximate surface area is 237 Å². The van der Waals surface area contributed by atoms with Crippen molar-refractivity contribution in [3.8, 4) is 5.75 Å². The number of benzene rings is 3. The van der Waals surface area contributed by atoms with E-state index in [9.17, 15) is 30.8 Å². The molecule has 3 rings (SSSR count). The highest BCUT2D eigenvalue weighted by Gasteiger charge is 2.31. The first-order valence-electron chi connectivity index (χ1n) is 12.8. The molecule has 0 saturated heterocycles. The van der Waals surface area contributed by atoms with Crippen LogP contribution in [0.3, 0.4) is 0 Å². The number of halogens is 4. The largest absolute Gasteiger partial charge is 0.494 e. The van der Waals surface area contributed by atoms with Crippen molar-refractivity contribution in [3.05, 3.63) is 94.8 Å². The Kier molecular flexibility index (Phi) is 10.2. The Morgan fingerprint density at radius 2 is 1.63 bits per heavy atom. The maximum absolute atomic E-state index is 13.5. The SMILES string of the molecule is COC(=O)c1ccc(OCCCN(Cc2cccc(C(F)(F)F)c2)CC(C)(C)c2ccc(F)cc2)cc1S(C)(=O)=O. The van der Waals surface area contributed by atoms with Gasteiger partial charge in [-0.3, -0.25) is 4.90 Å². The van der Waals surface area contributed by atoms with Gasteiger partial charge in [-0.15, -0.1) is 0 Å². The molecule has 0 spiro atoms. The number of alkyl halides is 3. The van der Waals surface area contributed by atoms with E-state index in [1.807, 2.05) is 18.7 Å². The molecule has 0 saturated carbocycles. The van der Waals surface area contributed by atoms with Crippen LogP contribution in [0.25, 0.3) is 0 Å². The van der Waals surface area contributed by atoms with Crippen molar-refractivity contribution in [1.82, 2.24) is 4.90 Å². The van der Waals surface area contributed by atoms with Gasteiger partial charge in [0.25, 0.3) is 0 Å². The molecule has 0 atom stereocenters. The maximum atomic E-state index is 13.5. The Bertz CT molecular complexity index is 1450. The highest BCUT2D eigenvalue weighted by Crippen LogP contribution is 2.31. The van der Waals surface area contributed by atoms with Crippen molar-refractivity contribution in [1.29, 1.82) is 0 Å². The van der Waals surface area contributed by atoms with Crippen LogP contribution in [0.15, 0.2) is 71.6 Å². The molecule has 0 fully saturated rings. The van der Waals surface area contributed by atoms with E-state index in [4.69, 9.17) is 4.74 Å². The van der Waals surface area contributed by atoms with E-state index < -0.39 is 33.0 Å². The highest BCUT2D eigenvalue weighted by molar-refractivity contribution is 7.90. The molecule has 0 heterocycles. The van der Waals surface area contributed by atoms with E-state index in [1.54, 1.807) is 18.2 Å². The van der Waals surface area contributed by atoms with Crippen molar-refractivity contribution >= 4 is 15.8 Å². The van der Waals surface area contributed by atoms with E-state index in [2.05, 4.69) is 4.74 Å². The molecule has 0 bridgehead atoms. The van der Waals surface area contributed by atoms with Gasteiger partial charge in [0.15, 0.2) is 9.84 Å². The first kappa shape index (κ1) is 32.1. The van der Waals surface area contributed by atoms with Crippen LogP contribution >= 0.6 is 0 Å². The third-order valence-electron chi connectivity index (χ3n) is 6.55. The summed E-state index contributed by atoms with van der Waals surface area (Å²) in [6.07, 6.45) is -3.02. The monoisotopic (exact) mass is 595 g/mol. The number of nitrogens with zero attached hydrogens (tertiary/aromatic N) is 1. The maximum Gasteiger partial charge on any atom is 0.416 e. The molecular formula is C30H33F4NO5S. The molecule has 0 N–H and O–H groups in total. The van der Waals surface area contributed by atoms with Crippen LogP contribution in [0.4, 0.5) is 17.6 Å². The van der Waals surface area contributed by atoms with E-state index in [0.29, 0.717) is 25.1 Å². The van der Waals surface area contributed by atoms with Gasteiger partial charge in [-0.2, -0.15) is 13.2 Å². The number of methoxy groups -OCH3 is 1. The van der Waals surface area contributed by atoms with Crippen LogP contribution in [-0.4, -0.2) is 52.3 Å². The highest BCUT2D eigenvalue weighted by atomic mass is 32.2. The van der Waals surface area contributed by atoms with Crippen LogP contribution in [0, 0.1) is 5.82 Å². The first-order valence-corrected chi connectivity index (χ1v) is 14.7. The predicted molar refractivity (Wildman–Crippen MR) is 147 cm³/mol. The summed E-state index contributed by atoms with van der Waals surface area (Å²) >= 11 is 0. The number of sulfone groups is 1. The Morgan fingerprint density at radius 1 is 0.951 bits per heavy atom. The molecule has 11 heteroatoms. The second-order valence-electron chi connectivity index (χ2n) is 10.4. The lowest BCUT2D eigenvalue weighted by molar-refractivity contribution is -0.137. The summed E-state index contributed by atoms with van der Waals surface area (Å²) in [5.74, 6) is -0.902. The molecule has 0 aliphatic heterocycles. The second-order valence-corrected chi connectivity index (χ2v) is 12.4. The zero-order chi connectivity index (χ0) is 30.4. The van der Waals surface area contributed by atoms with Crippen LogP contribution < -0.4 is 4.74 Å². The van der Waals surface area contributed by atoms with Crippen LogP contribution in [0.1, 0.15) is 47.3 Å². The van der Waals surface area contributed by atoms with Gasteiger partial charge in [-0.1, -0.05) is 44.2 Å². The number of ether oxygens (including phenoxy) is 2. The average molecular weight is 596 g/mol. The van der Waals surface area contributed by atoms with E-state index in [0.717, 1.165) is 31.1 Å². The summed E-state index contributed by atoms with van der Waals surface area (Å²) in [6, 6.07) is 15.4. The molecule has 0 aliphatic carbocycles. The van der Waals surface area contributed by atoms with Crippen LogP contribution in [0.5, 0.6) is 5.75 Å². The van der Waals surface area contributed by atoms with Crippen molar-refractivity contribution in [2.75, 3.05) is 33.1 Å². The van der Waals surface area contributed by atoms with Crippen molar-refractivity contribution < 1.29 is 40.2 Å². The van der Waals surface area contributed by atoms with Crippen LogP contribution in [0.2, 0.25) is 0 Å². The fourth-order valence-corrected chi connectivity index (χ4v) is 5.41. The first-order chi connectivity index (χ1) is 19.1. The summed E-state index contributed by atoms with van der Waals surface area (Å²) < 4.78 is 88.3. The summed E-state index contributed by atoms with van der Waals surface area (Å²) in [4.78, 5) is 13.8. The van der Waals surface area contributed by atoms with Crippen molar-refractivity contribution in [2.45, 2.75) is 43.3 Å². The molecule has 41 heavy (non-hydrogen) atoms. The zero-order valence-corrected chi connectivity index (χ0v) is 24.1. The summed E-state index contributed by atoms with van der Waals surface area (Å²) in [5, 5.41) is 0. The minimum absolute atomic E-state index is 0.0994. The third kappa shape index (κ3) is 9.02. The van der Waals surface area contributed by atoms with Crippen molar-refractivity contribution in [2.24, 2.45) is 0 Å². The molecule has 3 aromatic rings. The summed E-state index contributed by atoms with van der Waals surface area (Å²) in [6.45, 7) is 5.27. The molecule has 222 valence electrons. The number of carbonyl (C=O) groups excluding carboxylic acids is 1. The molecule has 0 aliphatic rings. The van der Waals surface area contributed by atoms with Gasteiger partial charge in [0.05, 0.1) is 29.7 Å². The smallest absolute Gasteiger partial charge is 0.416 e. The molecule has 0 unspecified atom stereocenters. The van der Waals surface area contributed by atoms with Gasteiger partial charge in [0, 0.05) is 31.3 Å².